The molecule has 0 bridgehead atoms. The molecule has 0 radical (unpaired) electrons. The highest BCUT2D eigenvalue weighted by Gasteiger charge is 2.34. The number of aliphatic hydroxyl groups excluding tert-OH is 1. The lowest BCUT2D eigenvalue weighted by molar-refractivity contribution is 0.0393. The SMILES string of the molecule is CCc1nc(-c2ccc(Cl)cc2CO)c(CC)nc1N[C@@H]1c2ccccc2C[C@@H]1OCCF. The van der Waals surface area contributed by atoms with Crippen molar-refractivity contribution in [3.63, 3.8) is 0 Å². The van der Waals surface area contributed by atoms with Crippen molar-refractivity contribution >= 4 is 17.4 Å². The Morgan fingerprint density at radius 3 is 2.64 bits per heavy atom. The number of nitrogens with zero attached hydrogens (tertiary/aromatic N) is 2. The molecule has 0 spiro atoms. The molecule has 2 atom stereocenters. The number of halogens is 2. The van der Waals surface area contributed by atoms with Crippen LogP contribution in [0.5, 0.6) is 0 Å². The van der Waals surface area contributed by atoms with Gasteiger partial charge >= 0.3 is 0 Å². The second-order valence-electron chi connectivity index (χ2n) is 8.10. The lowest BCUT2D eigenvalue weighted by Crippen LogP contribution is -2.27. The van der Waals surface area contributed by atoms with Crippen LogP contribution in [0.15, 0.2) is 42.5 Å². The van der Waals surface area contributed by atoms with Gasteiger partial charge in [0.25, 0.3) is 0 Å². The van der Waals surface area contributed by atoms with E-state index >= 15 is 0 Å². The summed E-state index contributed by atoms with van der Waals surface area (Å²) in [6.45, 7) is 3.51. The van der Waals surface area contributed by atoms with E-state index in [0.29, 0.717) is 23.7 Å². The molecule has 0 fully saturated rings. The Labute approximate surface area is 199 Å². The van der Waals surface area contributed by atoms with Crippen molar-refractivity contribution in [2.45, 2.75) is 51.9 Å². The number of hydrogen-bond acceptors (Lipinski definition) is 5. The van der Waals surface area contributed by atoms with E-state index in [1.54, 1.807) is 12.1 Å². The second kappa shape index (κ2) is 10.6. The van der Waals surface area contributed by atoms with Crippen molar-refractivity contribution in [1.82, 2.24) is 9.97 Å². The Morgan fingerprint density at radius 1 is 1.12 bits per heavy atom. The number of benzene rings is 2. The van der Waals surface area contributed by atoms with Crippen LogP contribution in [0.4, 0.5) is 10.2 Å². The van der Waals surface area contributed by atoms with Crippen LogP contribution in [-0.2, 0) is 30.6 Å². The maximum atomic E-state index is 12.8. The fraction of sp³-hybridized carbons (Fsp3) is 0.385. The van der Waals surface area contributed by atoms with Gasteiger partial charge < -0.3 is 15.2 Å². The molecule has 7 heteroatoms. The fourth-order valence-corrected chi connectivity index (χ4v) is 4.68. The molecule has 1 aliphatic rings. The summed E-state index contributed by atoms with van der Waals surface area (Å²) in [5.74, 6) is 0.716. The maximum Gasteiger partial charge on any atom is 0.148 e. The Balaban J connectivity index is 1.74. The number of aryl methyl sites for hydroxylation is 2. The number of aromatic nitrogens is 2. The van der Waals surface area contributed by atoms with Gasteiger partial charge in [-0.25, -0.2) is 14.4 Å². The normalized spacial score (nSPS) is 17.2. The van der Waals surface area contributed by atoms with Crippen LogP contribution < -0.4 is 5.32 Å². The summed E-state index contributed by atoms with van der Waals surface area (Å²) >= 11 is 6.13. The van der Waals surface area contributed by atoms with E-state index in [1.165, 1.54) is 5.56 Å². The van der Waals surface area contributed by atoms with E-state index in [9.17, 15) is 9.50 Å². The third-order valence-corrected chi connectivity index (χ3v) is 6.32. The van der Waals surface area contributed by atoms with Crippen molar-refractivity contribution in [2.24, 2.45) is 0 Å². The molecular weight excluding hydrogens is 441 g/mol. The molecular formula is C26H29ClFN3O2. The summed E-state index contributed by atoms with van der Waals surface area (Å²) < 4.78 is 18.7. The van der Waals surface area contributed by atoms with Crippen molar-refractivity contribution in [1.29, 1.82) is 0 Å². The predicted octanol–water partition coefficient (Wildman–Crippen LogP) is 5.48. The van der Waals surface area contributed by atoms with Crippen LogP contribution >= 0.6 is 11.6 Å². The molecule has 0 amide bonds. The fourth-order valence-electron chi connectivity index (χ4n) is 4.48. The molecule has 2 N–H and O–H groups in total. The van der Waals surface area contributed by atoms with Gasteiger partial charge in [0.05, 0.1) is 42.4 Å². The third kappa shape index (κ3) is 4.88. The number of rotatable bonds is 9. The van der Waals surface area contributed by atoms with E-state index in [-0.39, 0.29) is 25.4 Å². The Kier molecular flexibility index (Phi) is 7.58. The molecule has 2 aromatic carbocycles. The summed E-state index contributed by atoms with van der Waals surface area (Å²) in [6.07, 6.45) is 1.91. The highest BCUT2D eigenvalue weighted by molar-refractivity contribution is 6.30. The monoisotopic (exact) mass is 469 g/mol. The Hall–Kier alpha value is -2.54. The molecule has 33 heavy (non-hydrogen) atoms. The van der Waals surface area contributed by atoms with Gasteiger partial charge in [0, 0.05) is 17.0 Å². The summed E-state index contributed by atoms with van der Waals surface area (Å²) in [6, 6.07) is 13.5. The van der Waals surface area contributed by atoms with Gasteiger partial charge in [-0.2, -0.15) is 0 Å². The molecule has 174 valence electrons. The number of hydrogen-bond donors (Lipinski definition) is 2. The van der Waals surface area contributed by atoms with Gasteiger partial charge in [-0.15, -0.1) is 0 Å². The molecule has 4 rings (SSSR count). The highest BCUT2D eigenvalue weighted by atomic mass is 35.5. The first-order valence-corrected chi connectivity index (χ1v) is 11.8. The Bertz CT molecular complexity index is 1120. The van der Waals surface area contributed by atoms with E-state index in [0.717, 1.165) is 40.2 Å². The van der Waals surface area contributed by atoms with Crippen molar-refractivity contribution in [2.75, 3.05) is 18.6 Å². The lowest BCUT2D eigenvalue weighted by atomic mass is 10.0. The van der Waals surface area contributed by atoms with E-state index in [4.69, 9.17) is 26.3 Å². The topological polar surface area (TPSA) is 67.3 Å². The maximum absolute atomic E-state index is 12.8. The number of nitrogens with one attached hydrogen (secondary N) is 1. The largest absolute Gasteiger partial charge is 0.392 e. The first-order chi connectivity index (χ1) is 16.1. The van der Waals surface area contributed by atoms with Crippen molar-refractivity contribution in [3.05, 3.63) is 75.6 Å². The van der Waals surface area contributed by atoms with E-state index in [2.05, 4.69) is 17.4 Å². The zero-order valence-electron chi connectivity index (χ0n) is 18.9. The van der Waals surface area contributed by atoms with Gasteiger partial charge in [0.2, 0.25) is 0 Å². The first kappa shape index (κ1) is 23.6. The molecule has 3 aromatic rings. The number of fused-ring (bicyclic) bond motifs is 1. The van der Waals surface area contributed by atoms with E-state index in [1.807, 2.05) is 32.0 Å². The molecule has 0 unspecified atom stereocenters. The smallest absolute Gasteiger partial charge is 0.148 e. The number of alkyl halides is 1. The van der Waals surface area contributed by atoms with Crippen molar-refractivity contribution in [3.8, 4) is 11.3 Å². The second-order valence-corrected chi connectivity index (χ2v) is 8.54. The average molecular weight is 470 g/mol. The standard InChI is InChI=1S/C26H29ClFN3O2/c1-3-21-24(20-10-9-18(27)13-17(20)15-32)29-22(4-2)26(30-21)31-25-19-8-6-5-7-16(19)14-23(25)33-12-11-28/h5-10,13,23,25,32H,3-4,11-12,14-15H2,1-2H3,(H,30,31)/t23-,25+/m0/s1. The number of anilines is 1. The summed E-state index contributed by atoms with van der Waals surface area (Å²) in [5, 5.41) is 14.0. The third-order valence-electron chi connectivity index (χ3n) is 6.09. The highest BCUT2D eigenvalue weighted by Crippen LogP contribution is 2.37. The van der Waals surface area contributed by atoms with Crippen LogP contribution in [0.25, 0.3) is 11.3 Å². The summed E-state index contributed by atoms with van der Waals surface area (Å²) in [4.78, 5) is 9.95. The van der Waals surface area contributed by atoms with E-state index < -0.39 is 6.67 Å². The molecule has 1 heterocycles. The minimum Gasteiger partial charge on any atom is -0.392 e. The van der Waals surface area contributed by atoms with Gasteiger partial charge in [-0.1, -0.05) is 55.8 Å². The minimum absolute atomic E-state index is 0.0722. The first-order valence-electron chi connectivity index (χ1n) is 11.4. The van der Waals surface area contributed by atoms with Crippen LogP contribution in [0, 0.1) is 0 Å². The van der Waals surface area contributed by atoms with Crippen LogP contribution in [0.2, 0.25) is 5.02 Å². The average Bonchev–Trinajstić information content (AvgIpc) is 3.19. The minimum atomic E-state index is -0.511. The summed E-state index contributed by atoms with van der Waals surface area (Å²) in [7, 11) is 0. The van der Waals surface area contributed by atoms with Crippen LogP contribution in [-0.4, -0.2) is 34.5 Å². The molecule has 0 saturated carbocycles. The lowest BCUT2D eigenvalue weighted by Gasteiger charge is -2.24. The van der Waals surface area contributed by atoms with Gasteiger partial charge in [0.1, 0.15) is 12.5 Å². The quantitative estimate of drug-likeness (QED) is 0.434. The van der Waals surface area contributed by atoms with Crippen LogP contribution in [0.3, 0.4) is 0 Å². The molecule has 0 aliphatic heterocycles. The molecule has 0 saturated heterocycles. The Morgan fingerprint density at radius 2 is 1.91 bits per heavy atom. The van der Waals surface area contributed by atoms with Gasteiger partial charge in [-0.3, -0.25) is 0 Å². The number of ether oxygens (including phenoxy) is 1. The number of aliphatic hydroxyl groups is 1. The molecule has 5 nitrogen and oxygen atoms in total. The predicted molar refractivity (Wildman–Crippen MR) is 129 cm³/mol. The van der Waals surface area contributed by atoms with Crippen LogP contribution in [0.1, 0.15) is 48.0 Å². The van der Waals surface area contributed by atoms with Crippen molar-refractivity contribution < 1.29 is 14.2 Å². The molecule has 1 aromatic heterocycles. The molecule has 1 aliphatic carbocycles. The van der Waals surface area contributed by atoms with Gasteiger partial charge in [-0.05, 0) is 41.7 Å². The van der Waals surface area contributed by atoms with Gasteiger partial charge in [0.15, 0.2) is 0 Å². The summed E-state index contributed by atoms with van der Waals surface area (Å²) in [5.41, 5.74) is 6.33. The zero-order chi connectivity index (χ0) is 23.4. The zero-order valence-corrected chi connectivity index (χ0v) is 19.7.